The molecule has 0 fully saturated rings. The van der Waals surface area contributed by atoms with E-state index in [9.17, 15) is 0 Å². The number of nitrogens with zero attached hydrogens (tertiary/aromatic N) is 5. The molecule has 0 amide bonds. The Morgan fingerprint density at radius 1 is 1.04 bits per heavy atom. The summed E-state index contributed by atoms with van der Waals surface area (Å²) in [5.41, 5.74) is 7.49. The van der Waals surface area contributed by atoms with Crippen molar-refractivity contribution in [3.8, 4) is 0 Å². The fourth-order valence-corrected chi connectivity index (χ4v) is 3.16. The first-order chi connectivity index (χ1) is 10.8. The van der Waals surface area contributed by atoms with Gasteiger partial charge in [0.2, 0.25) is 0 Å². The Bertz CT molecular complexity index is 886. The minimum absolute atomic E-state index is 0.138. The maximum atomic E-state index is 4.62. The van der Waals surface area contributed by atoms with E-state index in [0.717, 1.165) is 34.1 Å². The highest BCUT2D eigenvalue weighted by atomic mass is 15.3. The summed E-state index contributed by atoms with van der Waals surface area (Å²) in [6.07, 6.45) is 0. The first kappa shape index (κ1) is 15.5. The van der Waals surface area contributed by atoms with Crippen molar-refractivity contribution in [3.05, 3.63) is 40.0 Å². The van der Waals surface area contributed by atoms with Gasteiger partial charge < -0.3 is 5.32 Å². The van der Waals surface area contributed by atoms with E-state index >= 15 is 0 Å². The number of nitrogens with one attached hydrogen (secondary N) is 1. The second-order valence-electron chi connectivity index (χ2n) is 6.30. The maximum Gasteiger partial charge on any atom is 0.160 e. The van der Waals surface area contributed by atoms with Crippen LogP contribution in [0.1, 0.15) is 46.9 Å². The molecule has 0 aliphatic rings. The maximum absolute atomic E-state index is 4.62. The van der Waals surface area contributed by atoms with Crippen LogP contribution in [0, 0.1) is 34.6 Å². The Balaban J connectivity index is 2.06. The van der Waals surface area contributed by atoms with E-state index in [1.165, 1.54) is 11.3 Å². The molecule has 3 heterocycles. The van der Waals surface area contributed by atoms with E-state index in [1.807, 2.05) is 36.2 Å². The molecule has 0 aliphatic carbocycles. The van der Waals surface area contributed by atoms with E-state index in [0.29, 0.717) is 0 Å². The van der Waals surface area contributed by atoms with Crippen molar-refractivity contribution >= 4 is 11.5 Å². The summed E-state index contributed by atoms with van der Waals surface area (Å²) in [6, 6.07) is 2.18. The van der Waals surface area contributed by atoms with Crippen LogP contribution in [0.15, 0.2) is 6.07 Å². The molecule has 1 atom stereocenters. The minimum Gasteiger partial charge on any atom is -0.363 e. The number of aromatic nitrogens is 5. The third-order valence-corrected chi connectivity index (χ3v) is 4.55. The summed E-state index contributed by atoms with van der Waals surface area (Å²) in [4.78, 5) is 4.62. The van der Waals surface area contributed by atoms with Crippen molar-refractivity contribution in [2.75, 3.05) is 5.32 Å². The highest BCUT2D eigenvalue weighted by molar-refractivity contribution is 5.56. The van der Waals surface area contributed by atoms with E-state index in [2.05, 4.69) is 48.2 Å². The molecule has 0 saturated heterocycles. The molecule has 23 heavy (non-hydrogen) atoms. The number of rotatable bonds is 3. The zero-order valence-corrected chi connectivity index (χ0v) is 14.9. The second kappa shape index (κ2) is 5.37. The Morgan fingerprint density at radius 3 is 2.35 bits per heavy atom. The largest absolute Gasteiger partial charge is 0.363 e. The Morgan fingerprint density at radius 2 is 1.74 bits per heavy atom. The van der Waals surface area contributed by atoms with Crippen LogP contribution >= 0.6 is 0 Å². The molecule has 1 N–H and O–H groups in total. The molecule has 0 aliphatic heterocycles. The van der Waals surface area contributed by atoms with Gasteiger partial charge in [-0.1, -0.05) is 0 Å². The third-order valence-electron chi connectivity index (χ3n) is 4.55. The molecule has 3 aromatic rings. The molecule has 0 radical (unpaired) electrons. The van der Waals surface area contributed by atoms with Crippen molar-refractivity contribution in [2.24, 2.45) is 7.05 Å². The summed E-state index contributed by atoms with van der Waals surface area (Å²) in [6.45, 7) is 12.4. The first-order valence-corrected chi connectivity index (χ1v) is 7.89. The quantitative estimate of drug-likeness (QED) is 0.807. The zero-order chi connectivity index (χ0) is 16.9. The molecule has 0 saturated carbocycles. The summed E-state index contributed by atoms with van der Waals surface area (Å²) >= 11 is 0. The molecule has 0 spiro atoms. The third kappa shape index (κ3) is 2.48. The van der Waals surface area contributed by atoms with Crippen LogP contribution in [0.5, 0.6) is 0 Å². The monoisotopic (exact) mass is 312 g/mol. The lowest BCUT2D eigenvalue weighted by atomic mass is 10.1. The van der Waals surface area contributed by atoms with Crippen LogP contribution < -0.4 is 5.32 Å². The molecular weight excluding hydrogens is 288 g/mol. The Hall–Kier alpha value is -2.37. The fraction of sp³-hybridized carbons (Fsp3) is 0.471. The van der Waals surface area contributed by atoms with Crippen molar-refractivity contribution in [3.63, 3.8) is 0 Å². The molecule has 6 nitrogen and oxygen atoms in total. The predicted octanol–water partition coefficient (Wildman–Crippen LogP) is 3.18. The molecule has 0 unspecified atom stereocenters. The van der Waals surface area contributed by atoms with Crippen LogP contribution in [-0.2, 0) is 7.05 Å². The molecule has 3 aromatic heterocycles. The molecule has 122 valence electrons. The molecule has 0 bridgehead atoms. The number of aryl methyl sites for hydroxylation is 5. The van der Waals surface area contributed by atoms with Gasteiger partial charge in [0.05, 0.1) is 17.4 Å². The molecule has 6 heteroatoms. The summed E-state index contributed by atoms with van der Waals surface area (Å²) in [5, 5.41) is 12.7. The average Bonchev–Trinajstić information content (AvgIpc) is 2.89. The number of hydrogen-bond acceptors (Lipinski definition) is 4. The molecular formula is C17H24N6. The minimum atomic E-state index is 0.138. The molecule has 3 rings (SSSR count). The van der Waals surface area contributed by atoms with Crippen LogP contribution in [0.3, 0.4) is 0 Å². The lowest BCUT2D eigenvalue weighted by Gasteiger charge is -2.17. The van der Waals surface area contributed by atoms with Crippen molar-refractivity contribution in [1.29, 1.82) is 0 Å². The summed E-state index contributed by atoms with van der Waals surface area (Å²) < 4.78 is 3.83. The van der Waals surface area contributed by atoms with Gasteiger partial charge in [0, 0.05) is 35.6 Å². The average molecular weight is 312 g/mol. The number of hydrogen-bond donors (Lipinski definition) is 1. The standard InChI is InChI=1S/C17H24N6/c1-9-8-15(23-17(18-9)10(2)11(3)21-23)19-12(4)16-13(5)20-22(7)14(16)6/h8,12,19H,1-7H3/t12-/m0/s1. The van der Waals surface area contributed by atoms with Crippen molar-refractivity contribution in [1.82, 2.24) is 24.4 Å². The van der Waals surface area contributed by atoms with Gasteiger partial charge in [0.15, 0.2) is 5.65 Å². The SMILES string of the molecule is Cc1cc(N[C@@H](C)c2c(C)nn(C)c2C)n2nc(C)c(C)c2n1. The lowest BCUT2D eigenvalue weighted by molar-refractivity contribution is 0.728. The van der Waals surface area contributed by atoms with Gasteiger partial charge in [-0.15, -0.1) is 0 Å². The van der Waals surface area contributed by atoms with Gasteiger partial charge in [-0.05, 0) is 41.5 Å². The van der Waals surface area contributed by atoms with Crippen molar-refractivity contribution < 1.29 is 0 Å². The van der Waals surface area contributed by atoms with Gasteiger partial charge in [-0.25, -0.2) is 4.98 Å². The number of anilines is 1. The van der Waals surface area contributed by atoms with Gasteiger partial charge in [0.25, 0.3) is 0 Å². The van der Waals surface area contributed by atoms with E-state index in [-0.39, 0.29) is 6.04 Å². The van der Waals surface area contributed by atoms with E-state index in [1.54, 1.807) is 0 Å². The van der Waals surface area contributed by atoms with Crippen LogP contribution in [-0.4, -0.2) is 24.4 Å². The normalized spacial score (nSPS) is 12.8. The molecule has 0 aromatic carbocycles. The van der Waals surface area contributed by atoms with Gasteiger partial charge in [-0.3, -0.25) is 4.68 Å². The highest BCUT2D eigenvalue weighted by Crippen LogP contribution is 2.26. The zero-order valence-electron chi connectivity index (χ0n) is 14.9. The lowest BCUT2D eigenvalue weighted by Crippen LogP contribution is -2.13. The van der Waals surface area contributed by atoms with E-state index in [4.69, 9.17) is 0 Å². The van der Waals surface area contributed by atoms with Gasteiger partial charge in [0.1, 0.15) is 5.82 Å². The fourth-order valence-electron chi connectivity index (χ4n) is 3.16. The summed E-state index contributed by atoms with van der Waals surface area (Å²) in [7, 11) is 1.98. The highest BCUT2D eigenvalue weighted by Gasteiger charge is 2.18. The summed E-state index contributed by atoms with van der Waals surface area (Å²) in [5.74, 6) is 0.957. The number of fused-ring (bicyclic) bond motifs is 1. The smallest absolute Gasteiger partial charge is 0.160 e. The van der Waals surface area contributed by atoms with Gasteiger partial charge >= 0.3 is 0 Å². The van der Waals surface area contributed by atoms with E-state index < -0.39 is 0 Å². The Kier molecular flexibility index (Phi) is 3.62. The predicted molar refractivity (Wildman–Crippen MR) is 91.9 cm³/mol. The van der Waals surface area contributed by atoms with Crippen LogP contribution in [0.4, 0.5) is 5.82 Å². The second-order valence-corrected chi connectivity index (χ2v) is 6.30. The topological polar surface area (TPSA) is 60.0 Å². The van der Waals surface area contributed by atoms with Crippen molar-refractivity contribution in [2.45, 2.75) is 47.6 Å². The van der Waals surface area contributed by atoms with Crippen LogP contribution in [0.25, 0.3) is 5.65 Å². The van der Waals surface area contributed by atoms with Gasteiger partial charge in [-0.2, -0.15) is 14.7 Å². The van der Waals surface area contributed by atoms with Crippen LogP contribution in [0.2, 0.25) is 0 Å². The first-order valence-electron chi connectivity index (χ1n) is 7.89. The Labute approximate surface area is 136 Å².